The fourth-order valence-electron chi connectivity index (χ4n) is 2.76. The van der Waals surface area contributed by atoms with Gasteiger partial charge in [-0.2, -0.15) is 0 Å². The maximum atomic E-state index is 12.1. The molecule has 0 spiro atoms. The predicted octanol–water partition coefficient (Wildman–Crippen LogP) is 4.19. The van der Waals surface area contributed by atoms with Gasteiger partial charge in [-0.05, 0) is 30.3 Å². The molecule has 158 valence electrons. The average molecular weight is 448 g/mol. The first-order chi connectivity index (χ1) is 14.4. The maximum absolute atomic E-state index is 12.1. The molecule has 0 unspecified atom stereocenters. The van der Waals surface area contributed by atoms with Crippen molar-refractivity contribution in [3.8, 4) is 11.5 Å². The van der Waals surface area contributed by atoms with Gasteiger partial charge in [0.1, 0.15) is 16.9 Å². The van der Waals surface area contributed by atoms with Crippen LogP contribution in [0.4, 0.5) is 0 Å². The number of amides is 2. The lowest BCUT2D eigenvalue weighted by atomic mass is 10.2. The number of carbonyl (C=O) groups is 2. The number of carbonyl (C=O) groups excluding carboxylic acids is 2. The average Bonchev–Trinajstić information content (AvgIpc) is 3.12. The molecule has 2 amide bonds. The molecule has 1 aliphatic rings. The molecule has 1 heterocycles. The predicted molar refractivity (Wildman–Crippen MR) is 118 cm³/mol. The fraction of sp³-hybridized carbons (Fsp3) is 0.286. The molecular formula is C21H22ClN3O4S. The molecule has 2 aromatic carbocycles. The Labute approximate surface area is 184 Å². The monoisotopic (exact) mass is 447 g/mol. The zero-order valence-corrected chi connectivity index (χ0v) is 18.2. The number of hydrazone groups is 1. The van der Waals surface area contributed by atoms with Crippen molar-refractivity contribution in [3.05, 3.63) is 59.1 Å². The van der Waals surface area contributed by atoms with Crippen LogP contribution in [0.25, 0.3) is 0 Å². The minimum Gasteiger partial charge on any atom is -0.493 e. The normalized spacial score (nSPS) is 15.5. The van der Waals surface area contributed by atoms with Crippen molar-refractivity contribution in [2.75, 3.05) is 13.2 Å². The van der Waals surface area contributed by atoms with Gasteiger partial charge in [0.05, 0.1) is 13.2 Å². The lowest BCUT2D eigenvalue weighted by Crippen LogP contribution is -2.25. The van der Waals surface area contributed by atoms with Gasteiger partial charge in [0.2, 0.25) is 11.8 Å². The van der Waals surface area contributed by atoms with Gasteiger partial charge in [-0.15, -0.1) is 5.10 Å². The Kier molecular flexibility index (Phi) is 7.59. The number of ether oxygens (including phenoxy) is 2. The molecule has 1 N–H and O–H groups in total. The van der Waals surface area contributed by atoms with Gasteiger partial charge < -0.3 is 14.8 Å². The number of halogens is 1. The van der Waals surface area contributed by atoms with E-state index in [-0.39, 0.29) is 11.8 Å². The number of amidine groups is 1. The first-order valence-corrected chi connectivity index (χ1v) is 10.6. The number of nitrogens with one attached hydrogen (secondary N) is 1. The van der Waals surface area contributed by atoms with Gasteiger partial charge in [0, 0.05) is 30.9 Å². The highest BCUT2D eigenvalue weighted by atomic mass is 35.5. The van der Waals surface area contributed by atoms with Gasteiger partial charge in [-0.1, -0.05) is 41.6 Å². The minimum absolute atomic E-state index is 0.255. The summed E-state index contributed by atoms with van der Waals surface area (Å²) in [6.07, 6.45) is 0.679. The largest absolute Gasteiger partial charge is 0.493 e. The number of hydrogen-bond donors (Lipinski definition) is 1. The molecule has 30 heavy (non-hydrogen) atoms. The summed E-state index contributed by atoms with van der Waals surface area (Å²) in [6.45, 7) is 3.75. The molecule has 0 aliphatic carbocycles. The van der Waals surface area contributed by atoms with E-state index in [1.54, 1.807) is 18.2 Å². The quantitative estimate of drug-likeness (QED) is 0.644. The number of hydrogen-bond acceptors (Lipinski definition) is 6. The van der Waals surface area contributed by atoms with Crippen molar-refractivity contribution in [3.63, 3.8) is 0 Å². The Balaban J connectivity index is 1.66. The van der Waals surface area contributed by atoms with Crippen LogP contribution in [0.1, 0.15) is 31.2 Å². The van der Waals surface area contributed by atoms with Crippen LogP contribution in [-0.2, 0) is 9.59 Å². The molecule has 0 aromatic heterocycles. The second-order valence-electron chi connectivity index (χ2n) is 6.47. The Bertz CT molecular complexity index is 939. The maximum Gasteiger partial charge on any atom is 0.241 e. The topological polar surface area (TPSA) is 80.2 Å². The van der Waals surface area contributed by atoms with Crippen LogP contribution in [0.15, 0.2) is 53.6 Å². The zero-order valence-electron chi connectivity index (χ0n) is 16.6. The van der Waals surface area contributed by atoms with Gasteiger partial charge >= 0.3 is 0 Å². The summed E-state index contributed by atoms with van der Waals surface area (Å²) in [5.74, 6) is 0.898. The number of para-hydroxylation sites is 1. The van der Waals surface area contributed by atoms with Crippen LogP contribution in [0.2, 0.25) is 5.02 Å². The Morgan fingerprint density at radius 1 is 1.13 bits per heavy atom. The summed E-state index contributed by atoms with van der Waals surface area (Å²) >= 11 is 7.45. The third-order valence-electron chi connectivity index (χ3n) is 4.05. The summed E-state index contributed by atoms with van der Waals surface area (Å²) in [5.41, 5.74) is 0.704. The van der Waals surface area contributed by atoms with Crippen molar-refractivity contribution in [2.45, 2.75) is 25.6 Å². The van der Waals surface area contributed by atoms with Crippen molar-refractivity contribution in [1.82, 2.24) is 10.3 Å². The van der Waals surface area contributed by atoms with Crippen molar-refractivity contribution < 1.29 is 19.1 Å². The molecule has 2 aromatic rings. The molecule has 0 fully saturated rings. The summed E-state index contributed by atoms with van der Waals surface area (Å²) in [6, 6.07) is 14.8. The minimum atomic E-state index is -0.487. The van der Waals surface area contributed by atoms with Gasteiger partial charge in [-0.25, -0.2) is 5.01 Å². The third kappa shape index (κ3) is 5.90. The number of rotatable bonds is 7. The first-order valence-electron chi connectivity index (χ1n) is 9.37. The zero-order chi connectivity index (χ0) is 21.5. The van der Waals surface area contributed by atoms with Crippen molar-refractivity contribution >= 4 is 40.3 Å². The van der Waals surface area contributed by atoms with Crippen molar-refractivity contribution in [1.29, 1.82) is 0 Å². The van der Waals surface area contributed by atoms with E-state index in [9.17, 15) is 9.59 Å². The Morgan fingerprint density at radius 3 is 2.57 bits per heavy atom. The molecule has 3 rings (SSSR count). The summed E-state index contributed by atoms with van der Waals surface area (Å²) in [7, 11) is 0. The van der Waals surface area contributed by atoms with Crippen LogP contribution < -0.4 is 14.8 Å². The highest BCUT2D eigenvalue weighted by molar-refractivity contribution is 8.14. The third-order valence-corrected chi connectivity index (χ3v) is 5.36. The van der Waals surface area contributed by atoms with Gasteiger partial charge in [0.15, 0.2) is 5.17 Å². The molecule has 9 heteroatoms. The van der Waals surface area contributed by atoms with Crippen LogP contribution >= 0.6 is 23.4 Å². The Hall–Kier alpha value is -2.71. The molecule has 1 atom stereocenters. The lowest BCUT2D eigenvalue weighted by molar-refractivity contribution is -0.129. The van der Waals surface area contributed by atoms with E-state index in [2.05, 4.69) is 10.4 Å². The van der Waals surface area contributed by atoms with Crippen LogP contribution in [0.5, 0.6) is 11.5 Å². The SMILES string of the molecule is CC(=O)NC1=NN(C(C)=O)[C@@H](c2cc(Cl)ccc2OCCCOc2ccccc2)S1. The lowest BCUT2D eigenvalue weighted by Gasteiger charge is -2.22. The summed E-state index contributed by atoms with van der Waals surface area (Å²) in [5, 5.41) is 8.53. The molecule has 0 radical (unpaired) electrons. The van der Waals surface area contributed by atoms with E-state index in [1.807, 2.05) is 30.3 Å². The van der Waals surface area contributed by atoms with E-state index in [1.165, 1.54) is 30.6 Å². The smallest absolute Gasteiger partial charge is 0.241 e. The summed E-state index contributed by atoms with van der Waals surface area (Å²) < 4.78 is 11.6. The van der Waals surface area contributed by atoms with Crippen LogP contribution in [0, 0.1) is 0 Å². The molecule has 0 saturated heterocycles. The van der Waals surface area contributed by atoms with Gasteiger partial charge in [0.25, 0.3) is 0 Å². The first kappa shape index (κ1) is 22.0. The standard InChI is InChI=1S/C21H22ClN3O4S/c1-14(26)23-21-24-25(15(2)27)20(30-21)18-13-16(22)9-10-19(18)29-12-6-11-28-17-7-4-3-5-8-17/h3-5,7-10,13,20H,6,11-12H2,1-2H3,(H,23,24,26)/t20-/m1/s1. The second kappa shape index (κ2) is 10.4. The number of nitrogens with zero attached hydrogens (tertiary/aromatic N) is 2. The highest BCUT2D eigenvalue weighted by Gasteiger charge is 2.34. The molecule has 7 nitrogen and oxygen atoms in total. The van der Waals surface area contributed by atoms with Crippen molar-refractivity contribution in [2.24, 2.45) is 5.10 Å². The van der Waals surface area contributed by atoms with E-state index in [4.69, 9.17) is 21.1 Å². The molecular weight excluding hydrogens is 426 g/mol. The number of thioether (sulfide) groups is 1. The number of benzene rings is 2. The summed E-state index contributed by atoms with van der Waals surface area (Å²) in [4.78, 5) is 23.5. The van der Waals surface area contributed by atoms with E-state index in [0.29, 0.717) is 41.1 Å². The van der Waals surface area contributed by atoms with Gasteiger partial charge in [-0.3, -0.25) is 9.59 Å². The van der Waals surface area contributed by atoms with Crippen LogP contribution in [-0.4, -0.2) is 35.2 Å². The highest BCUT2D eigenvalue weighted by Crippen LogP contribution is 2.43. The van der Waals surface area contributed by atoms with E-state index < -0.39 is 5.37 Å². The fourth-order valence-corrected chi connectivity index (χ4v) is 4.09. The second-order valence-corrected chi connectivity index (χ2v) is 7.97. The van der Waals surface area contributed by atoms with E-state index in [0.717, 1.165) is 5.75 Å². The van der Waals surface area contributed by atoms with Crippen LogP contribution in [0.3, 0.4) is 0 Å². The molecule has 0 bridgehead atoms. The molecule has 1 aliphatic heterocycles. The van der Waals surface area contributed by atoms with E-state index >= 15 is 0 Å². The Morgan fingerprint density at radius 2 is 1.87 bits per heavy atom. The molecule has 0 saturated carbocycles.